The molecule has 2 N–H and O–H groups in total. The molecule has 0 aliphatic rings. The molecule has 0 fully saturated rings. The maximum Gasteiger partial charge on any atom is 0.319 e. The minimum atomic E-state index is -0.207. The number of aryl methyl sites for hydroxylation is 3. The molecule has 0 aliphatic heterocycles. The van der Waals surface area contributed by atoms with Gasteiger partial charge >= 0.3 is 6.03 Å². The first-order valence-electron chi connectivity index (χ1n) is 8.74. The van der Waals surface area contributed by atoms with Gasteiger partial charge in [0, 0.05) is 24.8 Å². The minimum Gasteiger partial charge on any atom is -0.335 e. The van der Waals surface area contributed by atoms with Crippen molar-refractivity contribution in [2.75, 3.05) is 5.32 Å². The lowest BCUT2D eigenvalue weighted by Crippen LogP contribution is -2.37. The number of rotatable bonds is 5. The van der Waals surface area contributed by atoms with Gasteiger partial charge in [-0.2, -0.15) is 10.2 Å². The van der Waals surface area contributed by atoms with Gasteiger partial charge in [0.1, 0.15) is 0 Å². The zero-order valence-corrected chi connectivity index (χ0v) is 16.6. The molecule has 7 heteroatoms. The summed E-state index contributed by atoms with van der Waals surface area (Å²) in [6.45, 7) is 14.1. The molecule has 138 valence electrons. The van der Waals surface area contributed by atoms with Crippen molar-refractivity contribution in [1.82, 2.24) is 24.9 Å². The number of aromatic nitrogens is 4. The Hall–Kier alpha value is -2.31. The predicted molar refractivity (Wildman–Crippen MR) is 100 cm³/mol. The van der Waals surface area contributed by atoms with Crippen molar-refractivity contribution in [2.45, 2.75) is 67.0 Å². The fraction of sp³-hybridized carbons (Fsp3) is 0.611. The average molecular weight is 346 g/mol. The molecule has 7 nitrogen and oxygen atoms in total. The third-order valence-electron chi connectivity index (χ3n) is 4.60. The summed E-state index contributed by atoms with van der Waals surface area (Å²) in [7, 11) is 1.94. The number of carbonyl (C=O) groups excluding carboxylic acids is 1. The molecule has 2 amide bonds. The second kappa shape index (κ2) is 7.29. The quantitative estimate of drug-likeness (QED) is 0.873. The Labute approximate surface area is 149 Å². The van der Waals surface area contributed by atoms with E-state index in [-0.39, 0.29) is 18.1 Å². The van der Waals surface area contributed by atoms with Crippen molar-refractivity contribution in [2.24, 2.45) is 7.05 Å². The molecular weight excluding hydrogens is 316 g/mol. The van der Waals surface area contributed by atoms with Crippen molar-refractivity contribution in [3.05, 3.63) is 28.3 Å². The predicted octanol–water partition coefficient (Wildman–Crippen LogP) is 3.18. The molecule has 2 aromatic rings. The van der Waals surface area contributed by atoms with Crippen LogP contribution < -0.4 is 10.6 Å². The molecule has 25 heavy (non-hydrogen) atoms. The van der Waals surface area contributed by atoms with Gasteiger partial charge in [-0.1, -0.05) is 0 Å². The number of nitrogens with one attached hydrogen (secondary N) is 2. The van der Waals surface area contributed by atoms with Crippen LogP contribution >= 0.6 is 0 Å². The van der Waals surface area contributed by atoms with E-state index < -0.39 is 0 Å². The maximum absolute atomic E-state index is 12.4. The van der Waals surface area contributed by atoms with Crippen molar-refractivity contribution >= 4 is 11.7 Å². The van der Waals surface area contributed by atoms with Crippen molar-refractivity contribution < 1.29 is 4.79 Å². The summed E-state index contributed by atoms with van der Waals surface area (Å²) in [5, 5.41) is 14.9. The summed E-state index contributed by atoms with van der Waals surface area (Å²) in [5.41, 5.74) is 5.92. The first-order valence-corrected chi connectivity index (χ1v) is 8.74. The molecule has 2 aromatic heterocycles. The van der Waals surface area contributed by atoms with Gasteiger partial charge in [-0.15, -0.1) is 0 Å². The highest BCUT2D eigenvalue weighted by molar-refractivity contribution is 5.90. The second-order valence-corrected chi connectivity index (χ2v) is 7.06. The number of nitrogens with zero attached hydrogens (tertiary/aromatic N) is 4. The van der Waals surface area contributed by atoms with Gasteiger partial charge in [-0.05, 0) is 60.5 Å². The lowest BCUT2D eigenvalue weighted by molar-refractivity contribution is 0.249. The van der Waals surface area contributed by atoms with E-state index in [2.05, 4.69) is 41.6 Å². The molecule has 0 spiro atoms. The van der Waals surface area contributed by atoms with Crippen LogP contribution in [-0.2, 0) is 13.5 Å². The third-order valence-corrected chi connectivity index (χ3v) is 4.60. The van der Waals surface area contributed by atoms with Crippen LogP contribution in [0.15, 0.2) is 0 Å². The fourth-order valence-electron chi connectivity index (χ4n) is 3.19. The normalized spacial score (nSPS) is 12.5. The summed E-state index contributed by atoms with van der Waals surface area (Å²) in [4.78, 5) is 12.4. The third kappa shape index (κ3) is 4.03. The Morgan fingerprint density at radius 1 is 1.04 bits per heavy atom. The van der Waals surface area contributed by atoms with Gasteiger partial charge in [0.25, 0.3) is 0 Å². The summed E-state index contributed by atoms with van der Waals surface area (Å²) < 4.78 is 3.81. The molecule has 0 radical (unpaired) electrons. The monoisotopic (exact) mass is 346 g/mol. The SMILES string of the molecule is Cc1nn(C)c(C)c1C[C@@H](C)NC(=O)Nc1c(C)nn(C(C)C)c1C. The molecule has 0 aromatic carbocycles. The Morgan fingerprint density at radius 3 is 2.16 bits per heavy atom. The molecule has 0 bridgehead atoms. The van der Waals surface area contributed by atoms with Crippen molar-refractivity contribution in [3.8, 4) is 0 Å². The zero-order valence-electron chi connectivity index (χ0n) is 16.6. The molecule has 0 saturated carbocycles. The summed E-state index contributed by atoms with van der Waals surface area (Å²) >= 11 is 0. The van der Waals surface area contributed by atoms with E-state index in [4.69, 9.17) is 0 Å². The minimum absolute atomic E-state index is 0.00218. The number of hydrogen-bond acceptors (Lipinski definition) is 3. The van der Waals surface area contributed by atoms with Crippen LogP contribution in [0, 0.1) is 27.7 Å². The van der Waals surface area contributed by atoms with Gasteiger partial charge in [-0.25, -0.2) is 4.79 Å². The van der Waals surface area contributed by atoms with E-state index >= 15 is 0 Å². The smallest absolute Gasteiger partial charge is 0.319 e. The standard InChI is InChI=1S/C18H30N6O/c1-10(2)24-15(7)17(13(5)22-24)20-18(25)19-11(3)9-16-12(4)21-23(8)14(16)6/h10-11H,9H2,1-8H3,(H2,19,20,25)/t11-/m1/s1. The fourth-order valence-corrected chi connectivity index (χ4v) is 3.19. The second-order valence-electron chi connectivity index (χ2n) is 7.06. The number of urea groups is 1. The first kappa shape index (κ1) is 19.0. The van der Waals surface area contributed by atoms with E-state index in [9.17, 15) is 4.79 Å². The van der Waals surface area contributed by atoms with E-state index in [1.165, 1.54) is 5.56 Å². The number of anilines is 1. The molecule has 2 rings (SSSR count). The summed E-state index contributed by atoms with van der Waals surface area (Å²) in [6, 6.07) is 0.0522. The lowest BCUT2D eigenvalue weighted by Gasteiger charge is -2.15. The van der Waals surface area contributed by atoms with Crippen molar-refractivity contribution in [1.29, 1.82) is 0 Å². The van der Waals surface area contributed by atoms with Gasteiger partial charge in [-0.3, -0.25) is 9.36 Å². The molecule has 0 saturated heterocycles. The molecule has 0 unspecified atom stereocenters. The Morgan fingerprint density at radius 2 is 1.68 bits per heavy atom. The van der Waals surface area contributed by atoms with E-state index in [1.807, 2.05) is 44.1 Å². The molecule has 0 aliphatic carbocycles. The first-order chi connectivity index (χ1) is 11.6. The number of hydrogen-bond donors (Lipinski definition) is 2. The molecule has 2 heterocycles. The highest BCUT2D eigenvalue weighted by Gasteiger charge is 2.18. The van der Waals surface area contributed by atoms with E-state index in [0.29, 0.717) is 0 Å². The van der Waals surface area contributed by atoms with Crippen molar-refractivity contribution in [3.63, 3.8) is 0 Å². The van der Waals surface area contributed by atoms with Crippen LogP contribution in [0.4, 0.5) is 10.5 Å². The molecular formula is C18H30N6O. The van der Waals surface area contributed by atoms with Crippen LogP contribution in [0.1, 0.15) is 55.2 Å². The van der Waals surface area contributed by atoms with Gasteiger partial charge in [0.15, 0.2) is 0 Å². The van der Waals surface area contributed by atoms with E-state index in [1.54, 1.807) is 0 Å². The Kier molecular flexibility index (Phi) is 5.55. The van der Waals surface area contributed by atoms with Crippen LogP contribution in [0.2, 0.25) is 0 Å². The number of carbonyl (C=O) groups is 1. The zero-order chi connectivity index (χ0) is 18.9. The summed E-state index contributed by atoms with van der Waals surface area (Å²) in [6.07, 6.45) is 0.752. The largest absolute Gasteiger partial charge is 0.335 e. The van der Waals surface area contributed by atoms with Crippen LogP contribution in [0.25, 0.3) is 0 Å². The average Bonchev–Trinajstić information content (AvgIpc) is 2.91. The van der Waals surface area contributed by atoms with Gasteiger partial charge < -0.3 is 10.6 Å². The highest BCUT2D eigenvalue weighted by Crippen LogP contribution is 2.22. The maximum atomic E-state index is 12.4. The topological polar surface area (TPSA) is 76.8 Å². The lowest BCUT2D eigenvalue weighted by atomic mass is 10.1. The van der Waals surface area contributed by atoms with Crippen LogP contribution in [0.3, 0.4) is 0 Å². The number of amides is 2. The molecule has 1 atom stereocenters. The Balaban J connectivity index is 2.03. The Bertz CT molecular complexity index is 771. The van der Waals surface area contributed by atoms with Crippen LogP contribution in [0.5, 0.6) is 0 Å². The van der Waals surface area contributed by atoms with E-state index in [0.717, 1.165) is 34.9 Å². The van der Waals surface area contributed by atoms with Gasteiger partial charge in [0.05, 0.1) is 22.8 Å². The van der Waals surface area contributed by atoms with Gasteiger partial charge in [0.2, 0.25) is 0 Å². The van der Waals surface area contributed by atoms with Crippen LogP contribution in [-0.4, -0.2) is 31.6 Å². The highest BCUT2D eigenvalue weighted by atomic mass is 16.2. The summed E-state index contributed by atoms with van der Waals surface area (Å²) in [5.74, 6) is 0.